The first-order chi connectivity index (χ1) is 9.52. The predicted molar refractivity (Wildman–Crippen MR) is 74.8 cm³/mol. The van der Waals surface area contributed by atoms with E-state index in [1.807, 2.05) is 25.7 Å². The van der Waals surface area contributed by atoms with Crippen molar-refractivity contribution in [2.24, 2.45) is 5.92 Å². The van der Waals surface area contributed by atoms with Gasteiger partial charge in [-0.05, 0) is 12.8 Å². The van der Waals surface area contributed by atoms with E-state index >= 15 is 0 Å². The first-order valence-corrected chi connectivity index (χ1v) is 7.07. The standard InChI is InChI=1S/C14H21FN4O/c1-4-11-12(15)13(17-8-16-11)18-10-5-6-19(7-10)14(20)9(2)3/h8-10H,4-7H2,1-3H3,(H,16,17,18). The Labute approximate surface area is 118 Å². The van der Waals surface area contributed by atoms with Gasteiger partial charge in [0, 0.05) is 25.0 Å². The van der Waals surface area contributed by atoms with Crippen LogP contribution in [0.2, 0.25) is 0 Å². The molecule has 1 saturated heterocycles. The topological polar surface area (TPSA) is 58.1 Å². The lowest BCUT2D eigenvalue weighted by Crippen LogP contribution is -2.34. The lowest BCUT2D eigenvalue weighted by Gasteiger charge is -2.19. The Kier molecular flexibility index (Phi) is 4.52. The van der Waals surface area contributed by atoms with E-state index in [0.29, 0.717) is 25.2 Å². The number of halogens is 1. The summed E-state index contributed by atoms with van der Waals surface area (Å²) in [5.41, 5.74) is 0.413. The zero-order chi connectivity index (χ0) is 14.7. The Hall–Kier alpha value is -1.72. The Morgan fingerprint density at radius 3 is 2.95 bits per heavy atom. The van der Waals surface area contributed by atoms with Gasteiger partial charge in [0.05, 0.1) is 5.69 Å². The number of rotatable bonds is 4. The van der Waals surface area contributed by atoms with Crippen LogP contribution in [0.3, 0.4) is 0 Å². The molecule has 0 radical (unpaired) electrons. The maximum atomic E-state index is 14.0. The minimum atomic E-state index is -0.386. The molecule has 1 aromatic heterocycles. The Bertz CT molecular complexity index is 492. The molecule has 2 heterocycles. The van der Waals surface area contributed by atoms with E-state index in [4.69, 9.17) is 0 Å². The quantitative estimate of drug-likeness (QED) is 0.914. The number of carbonyl (C=O) groups excluding carboxylic acids is 1. The van der Waals surface area contributed by atoms with Crippen LogP contribution in [-0.4, -0.2) is 39.9 Å². The van der Waals surface area contributed by atoms with Gasteiger partial charge in [0.25, 0.3) is 0 Å². The van der Waals surface area contributed by atoms with Crippen LogP contribution in [0.15, 0.2) is 6.33 Å². The number of likely N-dealkylation sites (tertiary alicyclic amines) is 1. The van der Waals surface area contributed by atoms with E-state index in [0.717, 1.165) is 6.42 Å². The van der Waals surface area contributed by atoms with Crippen molar-refractivity contribution in [2.45, 2.75) is 39.7 Å². The van der Waals surface area contributed by atoms with Crippen molar-refractivity contribution in [3.05, 3.63) is 17.8 Å². The number of nitrogens with zero attached hydrogens (tertiary/aromatic N) is 3. The first-order valence-electron chi connectivity index (χ1n) is 7.07. The molecule has 0 bridgehead atoms. The molecule has 1 aromatic rings. The number of aryl methyl sites for hydroxylation is 1. The average Bonchev–Trinajstić information content (AvgIpc) is 2.88. The molecule has 1 aliphatic rings. The van der Waals surface area contributed by atoms with Gasteiger partial charge in [0.2, 0.25) is 5.91 Å². The number of hydrogen-bond acceptors (Lipinski definition) is 4. The normalized spacial score (nSPS) is 18.6. The third-order valence-electron chi connectivity index (χ3n) is 3.53. The van der Waals surface area contributed by atoms with E-state index in [1.165, 1.54) is 6.33 Å². The number of nitrogens with one attached hydrogen (secondary N) is 1. The predicted octanol–water partition coefficient (Wildman–Crippen LogP) is 1.85. The molecule has 1 aliphatic heterocycles. The lowest BCUT2D eigenvalue weighted by molar-refractivity contribution is -0.133. The molecule has 1 amide bonds. The second kappa shape index (κ2) is 6.15. The van der Waals surface area contributed by atoms with Crippen molar-refractivity contribution >= 4 is 11.7 Å². The number of hydrogen-bond donors (Lipinski definition) is 1. The molecule has 1 atom stereocenters. The molecule has 1 unspecified atom stereocenters. The lowest BCUT2D eigenvalue weighted by atomic mass is 10.2. The molecule has 0 spiro atoms. The van der Waals surface area contributed by atoms with Crippen molar-refractivity contribution in [3.63, 3.8) is 0 Å². The van der Waals surface area contributed by atoms with Gasteiger partial charge in [-0.15, -0.1) is 0 Å². The van der Waals surface area contributed by atoms with Gasteiger partial charge in [0.15, 0.2) is 11.6 Å². The molecule has 6 heteroatoms. The fraction of sp³-hybridized carbons (Fsp3) is 0.643. The second-order valence-corrected chi connectivity index (χ2v) is 5.41. The van der Waals surface area contributed by atoms with Gasteiger partial charge in [-0.3, -0.25) is 4.79 Å². The van der Waals surface area contributed by atoms with Crippen LogP contribution in [0.5, 0.6) is 0 Å². The van der Waals surface area contributed by atoms with Crippen molar-refractivity contribution in [2.75, 3.05) is 18.4 Å². The van der Waals surface area contributed by atoms with Crippen molar-refractivity contribution < 1.29 is 9.18 Å². The number of amides is 1. The van der Waals surface area contributed by atoms with Crippen LogP contribution in [0, 0.1) is 11.7 Å². The summed E-state index contributed by atoms with van der Waals surface area (Å²) in [5, 5.41) is 3.09. The van der Waals surface area contributed by atoms with Gasteiger partial charge in [-0.1, -0.05) is 20.8 Å². The number of aromatic nitrogens is 2. The molecule has 20 heavy (non-hydrogen) atoms. The maximum absolute atomic E-state index is 14.0. The largest absolute Gasteiger partial charge is 0.363 e. The van der Waals surface area contributed by atoms with E-state index in [2.05, 4.69) is 15.3 Å². The maximum Gasteiger partial charge on any atom is 0.225 e. The Balaban J connectivity index is 2.01. The summed E-state index contributed by atoms with van der Waals surface area (Å²) in [4.78, 5) is 21.6. The molecular weight excluding hydrogens is 259 g/mol. The zero-order valence-corrected chi connectivity index (χ0v) is 12.2. The summed E-state index contributed by atoms with van der Waals surface area (Å²) >= 11 is 0. The molecular formula is C14H21FN4O. The third kappa shape index (κ3) is 3.05. The highest BCUT2D eigenvalue weighted by Crippen LogP contribution is 2.19. The van der Waals surface area contributed by atoms with E-state index in [1.54, 1.807) is 0 Å². The van der Waals surface area contributed by atoms with E-state index < -0.39 is 0 Å². The fourth-order valence-electron chi connectivity index (χ4n) is 2.39. The highest BCUT2D eigenvalue weighted by atomic mass is 19.1. The van der Waals surface area contributed by atoms with Crippen LogP contribution >= 0.6 is 0 Å². The summed E-state index contributed by atoms with van der Waals surface area (Å²) in [5.74, 6) is -0.00716. The van der Waals surface area contributed by atoms with Gasteiger partial charge in [-0.2, -0.15) is 0 Å². The number of carbonyl (C=O) groups is 1. The molecule has 0 saturated carbocycles. The Morgan fingerprint density at radius 1 is 1.55 bits per heavy atom. The van der Waals surface area contributed by atoms with Gasteiger partial charge in [-0.25, -0.2) is 14.4 Å². The monoisotopic (exact) mass is 280 g/mol. The van der Waals surface area contributed by atoms with E-state index in [9.17, 15) is 9.18 Å². The molecule has 0 aromatic carbocycles. The second-order valence-electron chi connectivity index (χ2n) is 5.41. The SMILES string of the molecule is CCc1ncnc(NC2CCN(C(=O)C(C)C)C2)c1F. The van der Waals surface area contributed by atoms with Gasteiger partial charge in [0.1, 0.15) is 6.33 Å². The molecule has 1 fully saturated rings. The minimum absolute atomic E-state index is 0.00349. The summed E-state index contributed by atoms with van der Waals surface area (Å²) in [6, 6.07) is 0.0480. The van der Waals surface area contributed by atoms with Crippen molar-refractivity contribution in [3.8, 4) is 0 Å². The minimum Gasteiger partial charge on any atom is -0.363 e. The Morgan fingerprint density at radius 2 is 2.30 bits per heavy atom. The average molecular weight is 280 g/mol. The summed E-state index contributed by atoms with van der Waals surface area (Å²) < 4.78 is 14.0. The fourth-order valence-corrected chi connectivity index (χ4v) is 2.39. The van der Waals surface area contributed by atoms with Crippen LogP contribution < -0.4 is 5.32 Å². The molecule has 110 valence electrons. The van der Waals surface area contributed by atoms with Crippen LogP contribution in [0.1, 0.15) is 32.9 Å². The summed E-state index contributed by atoms with van der Waals surface area (Å²) in [6.07, 6.45) is 2.71. The van der Waals surface area contributed by atoms with Crippen molar-refractivity contribution in [1.82, 2.24) is 14.9 Å². The van der Waals surface area contributed by atoms with Crippen LogP contribution in [0.4, 0.5) is 10.2 Å². The molecule has 5 nitrogen and oxygen atoms in total. The molecule has 0 aliphatic carbocycles. The summed E-state index contributed by atoms with van der Waals surface area (Å²) in [6.45, 7) is 6.94. The molecule has 1 N–H and O–H groups in total. The van der Waals surface area contributed by atoms with Gasteiger partial charge < -0.3 is 10.2 Å². The van der Waals surface area contributed by atoms with Crippen LogP contribution in [0.25, 0.3) is 0 Å². The number of anilines is 1. The zero-order valence-electron chi connectivity index (χ0n) is 12.2. The van der Waals surface area contributed by atoms with Gasteiger partial charge >= 0.3 is 0 Å². The molecule has 2 rings (SSSR count). The highest BCUT2D eigenvalue weighted by molar-refractivity contribution is 5.78. The smallest absolute Gasteiger partial charge is 0.225 e. The van der Waals surface area contributed by atoms with Crippen LogP contribution in [-0.2, 0) is 11.2 Å². The van der Waals surface area contributed by atoms with Crippen molar-refractivity contribution in [1.29, 1.82) is 0 Å². The highest BCUT2D eigenvalue weighted by Gasteiger charge is 2.28. The first kappa shape index (κ1) is 14.7. The summed E-state index contributed by atoms with van der Waals surface area (Å²) in [7, 11) is 0. The third-order valence-corrected chi connectivity index (χ3v) is 3.53. The van der Waals surface area contributed by atoms with E-state index in [-0.39, 0.29) is 29.5 Å².